The second-order valence-electron chi connectivity index (χ2n) is 2.15. The van der Waals surface area contributed by atoms with Gasteiger partial charge in [0, 0.05) is 0 Å². The topological polar surface area (TPSA) is 23.8 Å². The maximum atomic E-state index is 7.43. The molecule has 0 aliphatic carbocycles. The molecule has 0 spiro atoms. The maximum absolute atomic E-state index is 7.43. The minimum atomic E-state index is 0. The van der Waals surface area contributed by atoms with E-state index < -0.39 is 0 Å². The fraction of sp³-hybridized carbons (Fsp3) is 0.111. The third-order valence-electron chi connectivity index (χ3n) is 1.38. The van der Waals surface area contributed by atoms with Crippen molar-refractivity contribution in [3.8, 4) is 0 Å². The van der Waals surface area contributed by atoms with Crippen LogP contribution in [-0.4, -0.2) is 0 Å². The molecule has 0 bridgehead atoms. The fourth-order valence-corrected chi connectivity index (χ4v) is 0.854. The van der Waals surface area contributed by atoms with E-state index in [1.165, 1.54) is 0 Å². The zero-order chi connectivity index (χ0) is 7.40. The smallest absolute Gasteiger partial charge is 0.698 e. The molecule has 0 saturated heterocycles. The Morgan fingerprint density at radius 2 is 2.00 bits per heavy atom. The maximum Gasteiger partial charge on any atom is 1.00 e. The van der Waals surface area contributed by atoms with Crippen molar-refractivity contribution in [2.45, 2.75) is 6.42 Å². The zero-order valence-corrected chi connectivity index (χ0v) is 6.80. The van der Waals surface area contributed by atoms with E-state index in [9.17, 15) is 0 Å². The number of hydrogen-bond acceptors (Lipinski definition) is 0. The molecule has 0 atom stereocenters. The van der Waals surface area contributed by atoms with Crippen LogP contribution in [0.15, 0.2) is 36.9 Å². The average molecular weight is 139 g/mol. The van der Waals surface area contributed by atoms with Gasteiger partial charge >= 0.3 is 18.9 Å². The van der Waals surface area contributed by atoms with Crippen LogP contribution in [0.2, 0.25) is 0 Å². The summed E-state index contributed by atoms with van der Waals surface area (Å²) in [6.07, 6.45) is 2.60. The van der Waals surface area contributed by atoms with Gasteiger partial charge in [0.15, 0.2) is 0 Å². The van der Waals surface area contributed by atoms with E-state index in [1.807, 2.05) is 24.3 Å². The average Bonchev–Trinajstić information content (AvgIpc) is 1.94. The van der Waals surface area contributed by atoms with Crippen molar-refractivity contribution in [3.05, 3.63) is 48.2 Å². The Bertz CT molecular complexity index is 233. The number of hydrogen-bond donors (Lipinski definition) is 0. The molecular weight excluding hydrogens is 129 g/mol. The van der Waals surface area contributed by atoms with Gasteiger partial charge < -0.3 is 5.73 Å². The van der Waals surface area contributed by atoms with E-state index >= 15 is 0 Å². The normalized spacial score (nSPS) is 8.36. The molecule has 0 heterocycles. The van der Waals surface area contributed by atoms with Gasteiger partial charge in [-0.25, -0.2) is 0 Å². The van der Waals surface area contributed by atoms with Gasteiger partial charge in [-0.05, 0) is 6.42 Å². The van der Waals surface area contributed by atoms with Crippen molar-refractivity contribution >= 4 is 5.69 Å². The molecule has 0 fully saturated rings. The van der Waals surface area contributed by atoms with Gasteiger partial charge in [0.2, 0.25) is 0 Å². The molecule has 0 unspecified atom stereocenters. The fourth-order valence-electron chi connectivity index (χ4n) is 0.854. The molecule has 2 heteroatoms. The summed E-state index contributed by atoms with van der Waals surface area (Å²) in [6, 6.07) is 7.55. The van der Waals surface area contributed by atoms with Crippen molar-refractivity contribution in [2.75, 3.05) is 0 Å². The summed E-state index contributed by atoms with van der Waals surface area (Å²) >= 11 is 0. The quantitative estimate of drug-likeness (QED) is 0.410. The van der Waals surface area contributed by atoms with Gasteiger partial charge in [0.05, 0.1) is 0 Å². The van der Waals surface area contributed by atoms with E-state index in [1.54, 1.807) is 6.07 Å². The van der Waals surface area contributed by atoms with Crippen LogP contribution < -0.4 is 18.9 Å². The molecule has 11 heavy (non-hydrogen) atoms. The first-order valence-corrected chi connectivity index (χ1v) is 3.25. The van der Waals surface area contributed by atoms with Crippen molar-refractivity contribution in [3.63, 3.8) is 0 Å². The molecule has 1 rings (SSSR count). The molecule has 0 aromatic heterocycles. The summed E-state index contributed by atoms with van der Waals surface area (Å²) < 4.78 is 0. The molecule has 0 aliphatic heterocycles. The summed E-state index contributed by atoms with van der Waals surface area (Å²) in [7, 11) is 0. The largest absolute Gasteiger partial charge is 1.00 e. The molecule has 1 aromatic carbocycles. The molecule has 0 amide bonds. The summed E-state index contributed by atoms with van der Waals surface area (Å²) in [5.41, 5.74) is 9.07. The SMILES string of the molecule is C=CCc1ccccc1[NH-].[Li+]. The Morgan fingerprint density at radius 1 is 1.36 bits per heavy atom. The standard InChI is InChI=1S/C9H10N.Li/c1-2-5-8-6-3-4-7-9(8)10;/h2-4,6-7,10H,1,5H2;/q-1;+1. The Hall–Kier alpha value is -0.643. The van der Waals surface area contributed by atoms with Gasteiger partial charge in [-0.15, -0.1) is 12.3 Å². The third kappa shape index (κ3) is 2.84. The van der Waals surface area contributed by atoms with Gasteiger partial charge in [0.1, 0.15) is 0 Å². The van der Waals surface area contributed by atoms with Crippen LogP contribution in [0, 0.1) is 0 Å². The second kappa shape index (κ2) is 5.07. The van der Waals surface area contributed by atoms with Crippen LogP contribution in [0.25, 0.3) is 5.73 Å². The first-order valence-electron chi connectivity index (χ1n) is 3.25. The second-order valence-corrected chi connectivity index (χ2v) is 2.15. The van der Waals surface area contributed by atoms with Crippen LogP contribution in [0.4, 0.5) is 5.69 Å². The van der Waals surface area contributed by atoms with E-state index in [0.29, 0.717) is 5.69 Å². The van der Waals surface area contributed by atoms with E-state index in [4.69, 9.17) is 5.73 Å². The predicted octanol–water partition coefficient (Wildman–Crippen LogP) is 0.103. The Morgan fingerprint density at radius 3 is 2.55 bits per heavy atom. The first-order chi connectivity index (χ1) is 4.84. The summed E-state index contributed by atoms with van der Waals surface area (Å²) in [6.45, 7) is 3.61. The predicted molar refractivity (Wildman–Crippen MR) is 44.3 cm³/mol. The van der Waals surface area contributed by atoms with Crippen LogP contribution >= 0.6 is 0 Å². The minimum absolute atomic E-state index is 0. The minimum Gasteiger partial charge on any atom is -0.698 e. The van der Waals surface area contributed by atoms with Crippen molar-refractivity contribution < 1.29 is 18.9 Å². The molecule has 52 valence electrons. The van der Waals surface area contributed by atoms with Crippen LogP contribution in [0.3, 0.4) is 0 Å². The van der Waals surface area contributed by atoms with Crippen LogP contribution in [0.1, 0.15) is 5.56 Å². The molecule has 0 saturated carbocycles. The van der Waals surface area contributed by atoms with E-state index in [0.717, 1.165) is 12.0 Å². The third-order valence-corrected chi connectivity index (χ3v) is 1.38. The van der Waals surface area contributed by atoms with Gasteiger partial charge in [-0.2, -0.15) is 0 Å². The van der Waals surface area contributed by atoms with Crippen LogP contribution in [-0.2, 0) is 6.42 Å². The zero-order valence-electron chi connectivity index (χ0n) is 6.80. The molecule has 1 nitrogen and oxygen atoms in total. The Labute approximate surface area is 79.5 Å². The van der Waals surface area contributed by atoms with Crippen molar-refractivity contribution in [1.82, 2.24) is 0 Å². The molecule has 0 radical (unpaired) electrons. The van der Waals surface area contributed by atoms with E-state index in [2.05, 4.69) is 6.58 Å². The molecular formula is C9H10LiN. The van der Waals surface area contributed by atoms with Gasteiger partial charge in [-0.1, -0.05) is 35.9 Å². The summed E-state index contributed by atoms with van der Waals surface area (Å²) in [5, 5.41) is 0. The molecule has 1 N–H and O–H groups in total. The van der Waals surface area contributed by atoms with Crippen molar-refractivity contribution in [1.29, 1.82) is 0 Å². The van der Waals surface area contributed by atoms with E-state index in [-0.39, 0.29) is 18.9 Å². The van der Waals surface area contributed by atoms with Crippen molar-refractivity contribution in [2.24, 2.45) is 0 Å². The monoisotopic (exact) mass is 139 g/mol. The number of rotatable bonds is 2. The summed E-state index contributed by atoms with van der Waals surface area (Å²) in [4.78, 5) is 0. The van der Waals surface area contributed by atoms with Crippen LogP contribution in [0.5, 0.6) is 0 Å². The van der Waals surface area contributed by atoms with Gasteiger partial charge in [0.25, 0.3) is 0 Å². The Kier molecular flexibility index (Phi) is 4.77. The number of nitrogens with one attached hydrogen (secondary N) is 1. The first kappa shape index (κ1) is 10.4. The number of allylic oxidation sites excluding steroid dienone is 1. The summed E-state index contributed by atoms with van der Waals surface area (Å²) in [5.74, 6) is 0. The molecule has 1 aromatic rings. The molecule has 0 aliphatic rings. The van der Waals surface area contributed by atoms with Gasteiger partial charge in [-0.3, -0.25) is 0 Å². The number of benzene rings is 1. The Balaban J connectivity index is 0.000001000.